The smallest absolute Gasteiger partial charge is 0.426 e. The molecule has 2 aliphatic rings. The molecule has 0 spiro atoms. The maximum Gasteiger partial charge on any atom is 0.516 e. The largest absolute Gasteiger partial charge is 0.516 e. The third-order valence-corrected chi connectivity index (χ3v) is 7.71. The van der Waals surface area contributed by atoms with Gasteiger partial charge < -0.3 is 19.5 Å². The Hall–Kier alpha value is -2.57. The predicted molar refractivity (Wildman–Crippen MR) is 128 cm³/mol. The molecule has 1 saturated carbocycles. The van der Waals surface area contributed by atoms with Gasteiger partial charge in [0.05, 0.1) is 0 Å². The van der Waals surface area contributed by atoms with Gasteiger partial charge in [-0.1, -0.05) is 53.0 Å². The highest BCUT2D eigenvalue weighted by atomic mass is 16.8. The maximum absolute atomic E-state index is 12.3. The molecular weight excluding hydrogens is 434 g/mol. The SMILES string of the molecule is CCCC[C@@]12CCC[C@@H](Cc3ccc(OC(=O)OCOC(=O)C(NC(C)=O)C(C)C)cc31)[C@H]2C. The zero-order chi connectivity index (χ0) is 24.9. The Bertz CT molecular complexity index is 897. The normalized spacial score (nSPS) is 24.1. The van der Waals surface area contributed by atoms with Gasteiger partial charge >= 0.3 is 12.1 Å². The second kappa shape index (κ2) is 11.2. The van der Waals surface area contributed by atoms with Gasteiger partial charge in [-0.25, -0.2) is 9.59 Å². The summed E-state index contributed by atoms with van der Waals surface area (Å²) in [5.41, 5.74) is 2.82. The minimum atomic E-state index is -0.929. The van der Waals surface area contributed by atoms with E-state index in [-0.39, 0.29) is 17.2 Å². The van der Waals surface area contributed by atoms with Crippen LogP contribution in [0.25, 0.3) is 0 Å². The Morgan fingerprint density at radius 3 is 2.65 bits per heavy atom. The predicted octanol–water partition coefficient (Wildman–Crippen LogP) is 5.28. The fraction of sp³-hybridized carbons (Fsp3) is 0.667. The molecule has 1 fully saturated rings. The van der Waals surface area contributed by atoms with Crippen LogP contribution in [0.3, 0.4) is 0 Å². The highest BCUT2D eigenvalue weighted by Gasteiger charge is 2.48. The van der Waals surface area contributed by atoms with Crippen LogP contribution in [-0.2, 0) is 30.9 Å². The van der Waals surface area contributed by atoms with Crippen molar-refractivity contribution in [2.45, 2.75) is 91.0 Å². The lowest BCUT2D eigenvalue weighted by Crippen LogP contribution is -2.46. The van der Waals surface area contributed by atoms with E-state index in [9.17, 15) is 14.4 Å². The molecule has 4 atom stereocenters. The van der Waals surface area contributed by atoms with Crippen LogP contribution in [0.15, 0.2) is 18.2 Å². The molecule has 0 aliphatic heterocycles. The van der Waals surface area contributed by atoms with E-state index in [1.54, 1.807) is 13.8 Å². The topological polar surface area (TPSA) is 90.9 Å². The maximum atomic E-state index is 12.3. The summed E-state index contributed by atoms with van der Waals surface area (Å²) in [6.45, 7) is 8.95. The Morgan fingerprint density at radius 2 is 1.97 bits per heavy atom. The highest BCUT2D eigenvalue weighted by molar-refractivity contribution is 5.83. The molecule has 2 aliphatic carbocycles. The molecular formula is C27H39NO6. The quantitative estimate of drug-likeness (QED) is 0.298. The van der Waals surface area contributed by atoms with Crippen molar-refractivity contribution in [3.8, 4) is 5.75 Å². The minimum Gasteiger partial charge on any atom is -0.426 e. The first kappa shape index (κ1) is 26.0. The number of carbonyl (C=O) groups is 3. The van der Waals surface area contributed by atoms with E-state index in [1.165, 1.54) is 43.7 Å². The van der Waals surface area contributed by atoms with E-state index >= 15 is 0 Å². The van der Waals surface area contributed by atoms with E-state index in [4.69, 9.17) is 14.2 Å². The molecule has 1 amide bonds. The fourth-order valence-corrected chi connectivity index (χ4v) is 5.86. The van der Waals surface area contributed by atoms with Gasteiger partial charge in [-0.3, -0.25) is 4.79 Å². The third kappa shape index (κ3) is 5.73. The molecule has 0 heterocycles. The molecule has 7 heteroatoms. The number of carbonyl (C=O) groups excluding carboxylic acids is 3. The molecule has 1 N–H and O–H groups in total. The molecule has 188 valence electrons. The summed E-state index contributed by atoms with van der Waals surface area (Å²) in [5.74, 6) is 0.612. The van der Waals surface area contributed by atoms with Crippen molar-refractivity contribution in [2.75, 3.05) is 6.79 Å². The summed E-state index contributed by atoms with van der Waals surface area (Å²) in [4.78, 5) is 35.8. The first-order valence-corrected chi connectivity index (χ1v) is 12.6. The lowest BCUT2D eigenvalue weighted by atomic mass is 9.52. The number of esters is 1. The van der Waals surface area contributed by atoms with Gasteiger partial charge in [-0.2, -0.15) is 0 Å². The van der Waals surface area contributed by atoms with Gasteiger partial charge in [0.1, 0.15) is 11.8 Å². The molecule has 0 radical (unpaired) electrons. The van der Waals surface area contributed by atoms with E-state index in [1.807, 2.05) is 12.1 Å². The number of hydrogen-bond donors (Lipinski definition) is 1. The summed E-state index contributed by atoms with van der Waals surface area (Å²) < 4.78 is 15.4. The van der Waals surface area contributed by atoms with Crippen LogP contribution in [0.2, 0.25) is 0 Å². The monoisotopic (exact) mass is 473 g/mol. The minimum absolute atomic E-state index is 0.140. The summed E-state index contributed by atoms with van der Waals surface area (Å²) in [5, 5.41) is 2.54. The third-order valence-electron chi connectivity index (χ3n) is 7.71. The second-order valence-corrected chi connectivity index (χ2v) is 10.2. The standard InChI is InChI=1S/C27H39NO6/c1-6-7-12-27-13-8-9-20(18(27)4)14-21-10-11-22(15-23(21)27)34-26(31)33-16-32-25(30)24(17(2)3)28-19(5)29/h10-11,15,17-18,20,24H,6-9,12-14,16H2,1-5H3,(H,28,29)/t18-,20+,24?,27+/m1/s1. The van der Waals surface area contributed by atoms with Crippen LogP contribution in [0, 0.1) is 17.8 Å². The number of rotatable bonds is 9. The molecule has 0 saturated heterocycles. The van der Waals surface area contributed by atoms with Gasteiger partial charge in [-0.15, -0.1) is 0 Å². The lowest BCUT2D eigenvalue weighted by molar-refractivity contribution is -0.157. The molecule has 7 nitrogen and oxygen atoms in total. The zero-order valence-electron chi connectivity index (χ0n) is 21.1. The van der Waals surface area contributed by atoms with Crippen LogP contribution in [-0.4, -0.2) is 30.9 Å². The molecule has 2 bridgehead atoms. The number of benzene rings is 1. The van der Waals surface area contributed by atoms with E-state index < -0.39 is 25.0 Å². The Morgan fingerprint density at radius 1 is 1.21 bits per heavy atom. The number of fused-ring (bicyclic) bond motifs is 4. The molecule has 1 unspecified atom stereocenters. The number of unbranched alkanes of at least 4 members (excludes halogenated alkanes) is 1. The van der Waals surface area contributed by atoms with Gasteiger partial charge in [0, 0.05) is 6.92 Å². The number of hydrogen-bond acceptors (Lipinski definition) is 6. The average molecular weight is 474 g/mol. The Kier molecular flexibility index (Phi) is 8.61. The summed E-state index contributed by atoms with van der Waals surface area (Å²) >= 11 is 0. The summed E-state index contributed by atoms with van der Waals surface area (Å²) in [6.07, 6.45) is 7.36. The van der Waals surface area contributed by atoms with Gasteiger partial charge in [0.2, 0.25) is 12.7 Å². The highest BCUT2D eigenvalue weighted by Crippen LogP contribution is 2.55. The van der Waals surface area contributed by atoms with Crippen molar-refractivity contribution in [1.82, 2.24) is 5.32 Å². The van der Waals surface area contributed by atoms with Crippen molar-refractivity contribution >= 4 is 18.0 Å². The van der Waals surface area contributed by atoms with Crippen LogP contribution >= 0.6 is 0 Å². The van der Waals surface area contributed by atoms with Crippen LogP contribution < -0.4 is 10.1 Å². The molecule has 1 aromatic carbocycles. The van der Waals surface area contributed by atoms with Crippen molar-refractivity contribution in [3.05, 3.63) is 29.3 Å². The Balaban J connectivity index is 1.64. The van der Waals surface area contributed by atoms with E-state index in [0.717, 1.165) is 25.2 Å². The van der Waals surface area contributed by atoms with E-state index in [2.05, 4.69) is 25.2 Å². The van der Waals surface area contributed by atoms with Gasteiger partial charge in [0.25, 0.3) is 0 Å². The van der Waals surface area contributed by atoms with Crippen molar-refractivity contribution in [3.63, 3.8) is 0 Å². The number of nitrogens with one attached hydrogen (secondary N) is 1. The molecule has 3 rings (SSSR count). The van der Waals surface area contributed by atoms with Crippen molar-refractivity contribution in [1.29, 1.82) is 0 Å². The van der Waals surface area contributed by atoms with Crippen LogP contribution in [0.1, 0.15) is 84.3 Å². The summed E-state index contributed by atoms with van der Waals surface area (Å²) in [7, 11) is 0. The first-order valence-electron chi connectivity index (χ1n) is 12.6. The first-order chi connectivity index (χ1) is 16.2. The fourth-order valence-electron chi connectivity index (χ4n) is 5.86. The van der Waals surface area contributed by atoms with Gasteiger partial charge in [-0.05, 0) is 72.1 Å². The van der Waals surface area contributed by atoms with Crippen molar-refractivity contribution < 1.29 is 28.6 Å². The molecule has 34 heavy (non-hydrogen) atoms. The molecule has 0 aromatic heterocycles. The number of ether oxygens (including phenoxy) is 3. The van der Waals surface area contributed by atoms with Crippen LogP contribution in [0.4, 0.5) is 4.79 Å². The summed E-state index contributed by atoms with van der Waals surface area (Å²) in [6, 6.07) is 5.11. The average Bonchev–Trinajstić information content (AvgIpc) is 2.77. The van der Waals surface area contributed by atoms with Gasteiger partial charge in [0.15, 0.2) is 0 Å². The number of amides is 1. The zero-order valence-corrected chi connectivity index (χ0v) is 21.1. The Labute approximate surface area is 202 Å². The lowest BCUT2D eigenvalue weighted by Gasteiger charge is -2.52. The van der Waals surface area contributed by atoms with E-state index in [0.29, 0.717) is 11.7 Å². The van der Waals surface area contributed by atoms with Crippen molar-refractivity contribution in [2.24, 2.45) is 17.8 Å². The second-order valence-electron chi connectivity index (χ2n) is 10.2. The van der Waals surface area contributed by atoms with Crippen LogP contribution in [0.5, 0.6) is 5.75 Å². The molecule has 1 aromatic rings.